The summed E-state index contributed by atoms with van der Waals surface area (Å²) in [5.74, 6) is -2.40. The molecule has 0 radical (unpaired) electrons. The highest BCUT2D eigenvalue weighted by Crippen LogP contribution is 2.29. The first-order valence-corrected chi connectivity index (χ1v) is 8.67. The maximum atomic E-state index is 11.7. The van der Waals surface area contributed by atoms with Crippen molar-refractivity contribution >= 4 is 51.9 Å². The van der Waals surface area contributed by atoms with Crippen LogP contribution in [0, 0.1) is 0 Å². The smallest absolute Gasteiger partial charge is 0.339 e. The van der Waals surface area contributed by atoms with Crippen molar-refractivity contribution < 1.29 is 19.8 Å². The fourth-order valence-electron chi connectivity index (χ4n) is 2.66. The summed E-state index contributed by atoms with van der Waals surface area (Å²) in [5, 5.41) is 22.8. The molecule has 0 aliphatic rings. The van der Waals surface area contributed by atoms with Crippen LogP contribution in [0.5, 0.6) is 0 Å². The zero-order valence-electron chi connectivity index (χ0n) is 13.8. The van der Waals surface area contributed by atoms with Gasteiger partial charge in [0, 0.05) is 11.8 Å². The first-order valence-electron chi connectivity index (χ1n) is 7.91. The number of rotatable bonds is 6. The van der Waals surface area contributed by atoms with E-state index in [1.807, 2.05) is 6.07 Å². The van der Waals surface area contributed by atoms with Crippen LogP contribution < -0.4 is 5.32 Å². The van der Waals surface area contributed by atoms with E-state index in [-0.39, 0.29) is 27.8 Å². The largest absolute Gasteiger partial charge is 0.480 e. The van der Waals surface area contributed by atoms with Gasteiger partial charge < -0.3 is 15.5 Å². The first kappa shape index (κ1) is 18.9. The minimum absolute atomic E-state index is 0.0447. The van der Waals surface area contributed by atoms with Gasteiger partial charge >= 0.3 is 11.9 Å². The van der Waals surface area contributed by atoms with E-state index in [9.17, 15) is 19.8 Å². The van der Waals surface area contributed by atoms with Crippen molar-refractivity contribution in [2.45, 2.75) is 12.5 Å². The Labute approximate surface area is 164 Å². The lowest BCUT2D eigenvalue weighted by molar-refractivity contribution is -0.137. The molecule has 0 unspecified atom stereocenters. The van der Waals surface area contributed by atoms with Crippen molar-refractivity contribution in [3.63, 3.8) is 0 Å². The molecule has 0 fully saturated rings. The molecule has 0 aliphatic heterocycles. The number of carboxylic acids is 2. The predicted octanol–water partition coefficient (Wildman–Crippen LogP) is 4.35. The van der Waals surface area contributed by atoms with Crippen LogP contribution in [-0.4, -0.2) is 33.2 Å². The molecule has 138 valence electrons. The van der Waals surface area contributed by atoms with Gasteiger partial charge in [0.1, 0.15) is 17.4 Å². The Morgan fingerprint density at radius 1 is 1.04 bits per heavy atom. The molecule has 8 heteroatoms. The second-order valence-electron chi connectivity index (χ2n) is 5.87. The van der Waals surface area contributed by atoms with Crippen LogP contribution in [0.25, 0.3) is 10.9 Å². The Morgan fingerprint density at radius 2 is 1.70 bits per heavy atom. The summed E-state index contributed by atoms with van der Waals surface area (Å²) in [6.45, 7) is 0. The number of carbonyl (C=O) groups is 2. The van der Waals surface area contributed by atoms with Gasteiger partial charge in [-0.25, -0.2) is 14.6 Å². The van der Waals surface area contributed by atoms with Crippen molar-refractivity contribution in [1.82, 2.24) is 4.98 Å². The predicted molar refractivity (Wildman–Crippen MR) is 104 cm³/mol. The highest BCUT2D eigenvalue weighted by atomic mass is 35.5. The Bertz CT molecular complexity index is 1030. The number of nitrogens with zero attached hydrogens (tertiary/aromatic N) is 1. The summed E-state index contributed by atoms with van der Waals surface area (Å²) in [7, 11) is 0. The molecule has 1 atom stereocenters. The lowest BCUT2D eigenvalue weighted by Gasteiger charge is -2.17. The molecule has 27 heavy (non-hydrogen) atoms. The molecular weight excluding hydrogens is 391 g/mol. The number of nitrogens with one attached hydrogen (secondary N) is 1. The minimum Gasteiger partial charge on any atom is -0.480 e. The number of fused-ring (bicyclic) bond motifs is 1. The van der Waals surface area contributed by atoms with E-state index in [0.29, 0.717) is 10.9 Å². The van der Waals surface area contributed by atoms with E-state index < -0.39 is 18.0 Å². The van der Waals surface area contributed by atoms with Crippen LogP contribution in [-0.2, 0) is 11.2 Å². The van der Waals surface area contributed by atoms with Crippen molar-refractivity contribution in [3.8, 4) is 0 Å². The number of hydrogen-bond donors (Lipinski definition) is 3. The normalized spacial score (nSPS) is 11.9. The molecular formula is C19H14Cl2N2O4. The molecule has 3 rings (SSSR count). The molecule has 0 saturated carbocycles. The average Bonchev–Trinajstić information content (AvgIpc) is 2.62. The molecule has 1 heterocycles. The second-order valence-corrected chi connectivity index (χ2v) is 6.69. The summed E-state index contributed by atoms with van der Waals surface area (Å²) in [6.07, 6.45) is 0.163. The van der Waals surface area contributed by atoms with E-state index >= 15 is 0 Å². The Kier molecular flexibility index (Phi) is 5.48. The van der Waals surface area contributed by atoms with Gasteiger partial charge in [0.25, 0.3) is 0 Å². The maximum Gasteiger partial charge on any atom is 0.339 e. The number of aliphatic carboxylic acids is 1. The number of carboxylic acid groups (broad SMARTS) is 2. The van der Waals surface area contributed by atoms with E-state index in [0.717, 1.165) is 5.56 Å². The van der Waals surface area contributed by atoms with Gasteiger partial charge in [-0.05, 0) is 23.8 Å². The quantitative estimate of drug-likeness (QED) is 0.564. The summed E-state index contributed by atoms with van der Waals surface area (Å²) in [6, 6.07) is 12.4. The third-order valence-corrected chi connectivity index (χ3v) is 4.70. The molecule has 0 aliphatic carbocycles. The van der Waals surface area contributed by atoms with Crippen molar-refractivity contribution in [1.29, 1.82) is 0 Å². The Morgan fingerprint density at radius 3 is 2.33 bits per heavy atom. The number of anilines is 1. The standard InChI is InChI=1S/C19H14Cl2N2O4/c20-13-8-11-7-12(18(24)25)17(22-15(11)9-14(13)21)23-16(19(26)27)6-10-4-2-1-3-5-10/h1-5,7-9,16H,6H2,(H,22,23)(H,24,25)(H,26,27)/t16-/m0/s1. The zero-order chi connectivity index (χ0) is 19.6. The second kappa shape index (κ2) is 7.82. The highest BCUT2D eigenvalue weighted by Gasteiger charge is 2.22. The van der Waals surface area contributed by atoms with Gasteiger partial charge in [-0.3, -0.25) is 0 Å². The summed E-state index contributed by atoms with van der Waals surface area (Å²) < 4.78 is 0. The third-order valence-electron chi connectivity index (χ3n) is 3.98. The number of aromatic carboxylic acids is 1. The molecule has 0 saturated heterocycles. The first-order chi connectivity index (χ1) is 12.8. The molecule has 0 bridgehead atoms. The molecule has 3 N–H and O–H groups in total. The van der Waals surface area contributed by atoms with E-state index in [4.69, 9.17) is 23.2 Å². The average molecular weight is 405 g/mol. The lowest BCUT2D eigenvalue weighted by Crippen LogP contribution is -2.32. The van der Waals surface area contributed by atoms with Crippen LogP contribution in [0.1, 0.15) is 15.9 Å². The van der Waals surface area contributed by atoms with Gasteiger partial charge in [0.2, 0.25) is 0 Å². The Hall–Kier alpha value is -2.83. The molecule has 0 amide bonds. The molecule has 6 nitrogen and oxygen atoms in total. The third kappa shape index (κ3) is 4.30. The van der Waals surface area contributed by atoms with Crippen LogP contribution in [0.15, 0.2) is 48.5 Å². The fourth-order valence-corrected chi connectivity index (χ4v) is 2.99. The number of hydrogen-bond acceptors (Lipinski definition) is 4. The van der Waals surface area contributed by atoms with Crippen LogP contribution in [0.4, 0.5) is 5.82 Å². The SMILES string of the molecule is O=C(O)c1cc2cc(Cl)c(Cl)cc2nc1N[C@@H](Cc1ccccc1)C(=O)O. The number of pyridine rings is 1. The lowest BCUT2D eigenvalue weighted by atomic mass is 10.1. The molecule has 1 aromatic heterocycles. The van der Waals surface area contributed by atoms with Gasteiger partial charge in [-0.2, -0.15) is 0 Å². The van der Waals surface area contributed by atoms with E-state index in [1.54, 1.807) is 24.3 Å². The van der Waals surface area contributed by atoms with Crippen molar-refractivity contribution in [3.05, 3.63) is 69.7 Å². The van der Waals surface area contributed by atoms with Gasteiger partial charge in [-0.15, -0.1) is 0 Å². The van der Waals surface area contributed by atoms with Crippen LogP contribution >= 0.6 is 23.2 Å². The molecule has 2 aromatic carbocycles. The van der Waals surface area contributed by atoms with Crippen LogP contribution in [0.2, 0.25) is 10.0 Å². The molecule has 0 spiro atoms. The minimum atomic E-state index is -1.23. The van der Waals surface area contributed by atoms with Crippen LogP contribution in [0.3, 0.4) is 0 Å². The number of halogens is 2. The van der Waals surface area contributed by atoms with E-state index in [2.05, 4.69) is 10.3 Å². The monoisotopic (exact) mass is 404 g/mol. The van der Waals surface area contributed by atoms with Gasteiger partial charge in [0.15, 0.2) is 0 Å². The Balaban J connectivity index is 2.02. The topological polar surface area (TPSA) is 99.5 Å². The van der Waals surface area contributed by atoms with Crippen molar-refractivity contribution in [2.24, 2.45) is 0 Å². The highest BCUT2D eigenvalue weighted by molar-refractivity contribution is 6.42. The zero-order valence-corrected chi connectivity index (χ0v) is 15.3. The number of aromatic nitrogens is 1. The summed E-state index contributed by atoms with van der Waals surface area (Å²) in [5.41, 5.74) is 1.05. The molecule has 3 aromatic rings. The van der Waals surface area contributed by atoms with Gasteiger partial charge in [0.05, 0.1) is 15.6 Å². The fraction of sp³-hybridized carbons (Fsp3) is 0.105. The summed E-state index contributed by atoms with van der Waals surface area (Å²) in [4.78, 5) is 27.6. The van der Waals surface area contributed by atoms with Gasteiger partial charge in [-0.1, -0.05) is 53.5 Å². The van der Waals surface area contributed by atoms with Crippen molar-refractivity contribution in [2.75, 3.05) is 5.32 Å². The maximum absolute atomic E-state index is 11.7. The number of benzene rings is 2. The van der Waals surface area contributed by atoms with E-state index in [1.165, 1.54) is 18.2 Å². The summed E-state index contributed by atoms with van der Waals surface area (Å²) >= 11 is 12.0.